The number of ether oxygens (including phenoxy) is 1. The van der Waals surface area contributed by atoms with Crippen LogP contribution in [0.3, 0.4) is 0 Å². The van der Waals surface area contributed by atoms with Gasteiger partial charge in [-0.05, 0) is 42.7 Å². The van der Waals surface area contributed by atoms with Gasteiger partial charge in [0.25, 0.3) is 0 Å². The summed E-state index contributed by atoms with van der Waals surface area (Å²) in [6.07, 6.45) is 0. The molecule has 0 spiro atoms. The van der Waals surface area contributed by atoms with E-state index in [0.29, 0.717) is 0 Å². The first-order chi connectivity index (χ1) is 9.04. The summed E-state index contributed by atoms with van der Waals surface area (Å²) in [6.45, 7) is 4.15. The first-order valence-electron chi connectivity index (χ1n) is 6.19. The van der Waals surface area contributed by atoms with Crippen molar-refractivity contribution in [3.63, 3.8) is 0 Å². The fourth-order valence-electron chi connectivity index (χ4n) is 2.23. The molecule has 2 nitrogen and oxygen atoms in total. The second kappa shape index (κ2) is 5.76. The van der Waals surface area contributed by atoms with E-state index < -0.39 is 0 Å². The Labute approximate surface area is 122 Å². The van der Waals surface area contributed by atoms with Crippen LogP contribution in [-0.2, 0) is 0 Å². The predicted molar refractivity (Wildman–Crippen MR) is 82.6 cm³/mol. The molecule has 0 heterocycles. The van der Waals surface area contributed by atoms with Gasteiger partial charge in [-0.1, -0.05) is 40.2 Å². The highest BCUT2D eigenvalue weighted by Gasteiger charge is 2.16. The quantitative estimate of drug-likeness (QED) is 0.923. The van der Waals surface area contributed by atoms with E-state index >= 15 is 0 Å². The van der Waals surface area contributed by atoms with Crippen LogP contribution in [-0.4, -0.2) is 7.11 Å². The number of aryl methyl sites for hydroxylation is 2. The van der Waals surface area contributed by atoms with Crippen molar-refractivity contribution < 1.29 is 4.74 Å². The van der Waals surface area contributed by atoms with E-state index in [1.165, 1.54) is 11.1 Å². The number of rotatable bonds is 3. The third kappa shape index (κ3) is 2.82. The van der Waals surface area contributed by atoms with E-state index in [4.69, 9.17) is 10.5 Å². The lowest BCUT2D eigenvalue weighted by Crippen LogP contribution is -2.14. The van der Waals surface area contributed by atoms with Gasteiger partial charge in [-0.2, -0.15) is 0 Å². The number of halogens is 1. The van der Waals surface area contributed by atoms with Crippen molar-refractivity contribution in [2.45, 2.75) is 19.9 Å². The Balaban J connectivity index is 2.50. The summed E-state index contributed by atoms with van der Waals surface area (Å²) in [5.41, 5.74) is 10.9. The van der Waals surface area contributed by atoms with Crippen LogP contribution in [0.1, 0.15) is 28.3 Å². The van der Waals surface area contributed by atoms with Gasteiger partial charge in [0.1, 0.15) is 5.75 Å². The molecule has 2 aromatic carbocycles. The maximum Gasteiger partial charge on any atom is 0.123 e. The largest absolute Gasteiger partial charge is 0.496 e. The van der Waals surface area contributed by atoms with Crippen LogP contribution in [0.15, 0.2) is 40.9 Å². The number of nitrogens with two attached hydrogens (primary N) is 1. The van der Waals surface area contributed by atoms with Gasteiger partial charge in [0.15, 0.2) is 0 Å². The molecular weight excluding hydrogens is 302 g/mol. The van der Waals surface area contributed by atoms with Crippen LogP contribution in [0.4, 0.5) is 0 Å². The minimum Gasteiger partial charge on any atom is -0.496 e. The van der Waals surface area contributed by atoms with Crippen molar-refractivity contribution >= 4 is 15.9 Å². The summed E-state index contributed by atoms with van der Waals surface area (Å²) < 4.78 is 6.50. The van der Waals surface area contributed by atoms with Crippen molar-refractivity contribution in [3.05, 3.63) is 63.1 Å². The second-order valence-electron chi connectivity index (χ2n) is 4.68. The Morgan fingerprint density at radius 2 is 1.74 bits per heavy atom. The molecule has 0 radical (unpaired) electrons. The van der Waals surface area contributed by atoms with Gasteiger partial charge in [0, 0.05) is 10.0 Å². The van der Waals surface area contributed by atoms with E-state index in [1.54, 1.807) is 7.11 Å². The molecule has 19 heavy (non-hydrogen) atoms. The summed E-state index contributed by atoms with van der Waals surface area (Å²) in [6, 6.07) is 12.0. The molecule has 0 aromatic heterocycles. The fraction of sp³-hybridized carbons (Fsp3) is 0.250. The molecule has 0 saturated heterocycles. The van der Waals surface area contributed by atoms with E-state index in [1.807, 2.05) is 24.3 Å². The van der Waals surface area contributed by atoms with E-state index in [-0.39, 0.29) is 6.04 Å². The molecule has 1 unspecified atom stereocenters. The van der Waals surface area contributed by atoms with Gasteiger partial charge in [-0.15, -0.1) is 0 Å². The van der Waals surface area contributed by atoms with Crippen molar-refractivity contribution in [1.82, 2.24) is 0 Å². The first-order valence-corrected chi connectivity index (χ1v) is 6.99. The molecule has 3 heteroatoms. The van der Waals surface area contributed by atoms with Crippen LogP contribution < -0.4 is 10.5 Å². The van der Waals surface area contributed by atoms with E-state index in [2.05, 4.69) is 41.9 Å². The fourth-order valence-corrected chi connectivity index (χ4v) is 2.69. The van der Waals surface area contributed by atoms with Crippen molar-refractivity contribution in [1.29, 1.82) is 0 Å². The molecule has 0 aliphatic carbocycles. The van der Waals surface area contributed by atoms with Crippen LogP contribution in [0.25, 0.3) is 0 Å². The highest BCUT2D eigenvalue weighted by Crippen LogP contribution is 2.32. The number of para-hydroxylation sites is 1. The zero-order valence-corrected chi connectivity index (χ0v) is 13.0. The van der Waals surface area contributed by atoms with Crippen LogP contribution in [0, 0.1) is 13.8 Å². The molecule has 2 aromatic rings. The predicted octanol–water partition coefficient (Wildman–Crippen LogP) is 4.12. The number of methoxy groups -OCH3 is 1. The summed E-state index contributed by atoms with van der Waals surface area (Å²) in [5.74, 6) is 0.829. The molecule has 0 aliphatic rings. The zero-order valence-electron chi connectivity index (χ0n) is 11.4. The van der Waals surface area contributed by atoms with E-state index in [9.17, 15) is 0 Å². The molecular formula is C16H18BrNO. The molecule has 0 aliphatic heterocycles. The summed E-state index contributed by atoms with van der Waals surface area (Å²) in [7, 11) is 1.67. The number of benzene rings is 2. The number of hydrogen-bond donors (Lipinski definition) is 1. The lowest BCUT2D eigenvalue weighted by Gasteiger charge is -2.19. The van der Waals surface area contributed by atoms with Gasteiger partial charge in [-0.3, -0.25) is 0 Å². The summed E-state index contributed by atoms with van der Waals surface area (Å²) >= 11 is 3.55. The van der Waals surface area contributed by atoms with Crippen LogP contribution in [0.5, 0.6) is 5.75 Å². The molecule has 0 bridgehead atoms. The van der Waals surface area contributed by atoms with E-state index in [0.717, 1.165) is 21.3 Å². The molecule has 0 amide bonds. The third-order valence-corrected chi connectivity index (χ3v) is 4.21. The molecule has 0 saturated carbocycles. The molecule has 2 rings (SSSR count). The Morgan fingerprint density at radius 3 is 2.42 bits per heavy atom. The monoisotopic (exact) mass is 319 g/mol. The Hall–Kier alpha value is -1.32. The standard InChI is InChI=1S/C16H18BrNO/c1-10-9-14(17)11(2)8-13(10)16(18)12-6-4-5-7-15(12)19-3/h4-9,16H,18H2,1-3H3. The van der Waals surface area contributed by atoms with Gasteiger partial charge in [0.05, 0.1) is 13.2 Å². The Kier molecular flexibility index (Phi) is 4.27. The minimum absolute atomic E-state index is 0.178. The van der Waals surface area contributed by atoms with Crippen molar-refractivity contribution in [2.24, 2.45) is 5.73 Å². The molecule has 2 N–H and O–H groups in total. The smallest absolute Gasteiger partial charge is 0.123 e. The maximum atomic E-state index is 6.42. The lowest BCUT2D eigenvalue weighted by atomic mass is 9.94. The summed E-state index contributed by atoms with van der Waals surface area (Å²) in [4.78, 5) is 0. The van der Waals surface area contributed by atoms with Gasteiger partial charge >= 0.3 is 0 Å². The molecule has 0 fully saturated rings. The average molecular weight is 320 g/mol. The van der Waals surface area contributed by atoms with Crippen LogP contribution in [0.2, 0.25) is 0 Å². The van der Waals surface area contributed by atoms with Crippen LogP contribution >= 0.6 is 15.9 Å². The molecule has 100 valence electrons. The highest BCUT2D eigenvalue weighted by atomic mass is 79.9. The highest BCUT2D eigenvalue weighted by molar-refractivity contribution is 9.10. The third-order valence-electron chi connectivity index (χ3n) is 3.36. The number of hydrogen-bond acceptors (Lipinski definition) is 2. The van der Waals surface area contributed by atoms with Crippen molar-refractivity contribution in [2.75, 3.05) is 7.11 Å². The van der Waals surface area contributed by atoms with Gasteiger partial charge in [-0.25, -0.2) is 0 Å². The zero-order chi connectivity index (χ0) is 14.0. The second-order valence-corrected chi connectivity index (χ2v) is 5.53. The summed E-state index contributed by atoms with van der Waals surface area (Å²) in [5, 5.41) is 0. The normalized spacial score (nSPS) is 12.3. The topological polar surface area (TPSA) is 35.2 Å². The Bertz CT molecular complexity index is 595. The Morgan fingerprint density at radius 1 is 1.05 bits per heavy atom. The molecule has 1 atom stereocenters. The lowest BCUT2D eigenvalue weighted by molar-refractivity contribution is 0.408. The first kappa shape index (κ1) is 14.1. The SMILES string of the molecule is COc1ccccc1C(N)c1cc(C)c(Br)cc1C. The van der Waals surface area contributed by atoms with Gasteiger partial charge in [0.2, 0.25) is 0 Å². The van der Waals surface area contributed by atoms with Crippen molar-refractivity contribution in [3.8, 4) is 5.75 Å². The maximum absolute atomic E-state index is 6.42. The minimum atomic E-state index is -0.178. The van der Waals surface area contributed by atoms with Gasteiger partial charge < -0.3 is 10.5 Å². The average Bonchev–Trinajstić information content (AvgIpc) is 2.42.